The molecular weight excluding hydrogens is 184 g/mol. The highest BCUT2D eigenvalue weighted by atomic mass is 35.5. The fourth-order valence-corrected chi connectivity index (χ4v) is 1.16. The molecule has 0 unspecified atom stereocenters. The molecule has 0 spiro atoms. The summed E-state index contributed by atoms with van der Waals surface area (Å²) in [5, 5.41) is 0. The molecule has 0 saturated carbocycles. The Hall–Kier alpha value is -0.730. The summed E-state index contributed by atoms with van der Waals surface area (Å²) in [4.78, 5) is 0. The van der Waals surface area contributed by atoms with E-state index in [1.165, 1.54) is 5.56 Å². The van der Waals surface area contributed by atoms with E-state index in [9.17, 15) is 0 Å². The summed E-state index contributed by atoms with van der Waals surface area (Å²) >= 11 is 0. The maximum Gasteiger partial charge on any atom is 0.0314 e. The first-order chi connectivity index (χ1) is 5.47. The van der Waals surface area contributed by atoms with Crippen LogP contribution >= 0.6 is 12.4 Å². The fourth-order valence-electron chi connectivity index (χ4n) is 1.16. The first kappa shape index (κ1) is 12.3. The molecule has 1 rings (SSSR count). The molecule has 2 nitrogen and oxygen atoms in total. The van der Waals surface area contributed by atoms with E-state index in [0.29, 0.717) is 0 Å². The predicted octanol–water partition coefficient (Wildman–Crippen LogP) is 1.97. The van der Waals surface area contributed by atoms with Crippen molar-refractivity contribution < 1.29 is 0 Å². The number of anilines is 1. The highest BCUT2D eigenvalue weighted by Crippen LogP contribution is 2.11. The quantitative estimate of drug-likeness (QED) is 0.718. The Labute approximate surface area is 85.7 Å². The molecular formula is C10H17ClN2. The first-order valence-corrected chi connectivity index (χ1v) is 4.11. The van der Waals surface area contributed by atoms with Crippen LogP contribution in [0.3, 0.4) is 0 Å². The van der Waals surface area contributed by atoms with Crippen LogP contribution in [0, 0.1) is 0 Å². The van der Waals surface area contributed by atoms with E-state index >= 15 is 0 Å². The molecule has 74 valence electrons. The van der Waals surface area contributed by atoms with Gasteiger partial charge in [0.15, 0.2) is 0 Å². The summed E-state index contributed by atoms with van der Waals surface area (Å²) in [5.74, 6) is 0. The van der Waals surface area contributed by atoms with Crippen LogP contribution in [0.15, 0.2) is 24.3 Å². The molecule has 0 aliphatic carbocycles. The highest BCUT2D eigenvalue weighted by molar-refractivity contribution is 5.85. The van der Waals surface area contributed by atoms with Crippen LogP contribution in [-0.2, 0) is 6.42 Å². The van der Waals surface area contributed by atoms with Gasteiger partial charge in [-0.1, -0.05) is 12.1 Å². The van der Waals surface area contributed by atoms with Gasteiger partial charge in [-0.05, 0) is 38.0 Å². The van der Waals surface area contributed by atoms with Crippen LogP contribution in [0.2, 0.25) is 0 Å². The summed E-state index contributed by atoms with van der Waals surface area (Å²) < 4.78 is 0. The molecule has 0 aliphatic rings. The second kappa shape index (κ2) is 4.49. The van der Waals surface area contributed by atoms with Crippen LogP contribution in [0.1, 0.15) is 19.4 Å². The molecule has 1 aromatic carbocycles. The van der Waals surface area contributed by atoms with Gasteiger partial charge in [0.05, 0.1) is 0 Å². The Balaban J connectivity index is 0.00000144. The van der Waals surface area contributed by atoms with Gasteiger partial charge in [-0.25, -0.2) is 0 Å². The second-order valence-corrected chi connectivity index (χ2v) is 3.91. The van der Waals surface area contributed by atoms with Gasteiger partial charge in [0, 0.05) is 11.2 Å². The third-order valence-corrected chi connectivity index (χ3v) is 1.64. The molecule has 13 heavy (non-hydrogen) atoms. The molecule has 0 fully saturated rings. The van der Waals surface area contributed by atoms with E-state index in [2.05, 4.69) is 0 Å². The number of nitrogens with two attached hydrogens (primary N) is 2. The predicted molar refractivity (Wildman–Crippen MR) is 60.1 cm³/mol. The minimum atomic E-state index is -0.143. The Morgan fingerprint density at radius 1 is 1.15 bits per heavy atom. The molecule has 0 atom stereocenters. The van der Waals surface area contributed by atoms with Crippen molar-refractivity contribution in [1.82, 2.24) is 0 Å². The summed E-state index contributed by atoms with van der Waals surface area (Å²) in [6.07, 6.45) is 0.882. The number of benzene rings is 1. The lowest BCUT2D eigenvalue weighted by Gasteiger charge is -2.18. The normalized spacial score (nSPS) is 10.7. The monoisotopic (exact) mass is 200 g/mol. The van der Waals surface area contributed by atoms with Crippen LogP contribution < -0.4 is 11.5 Å². The third-order valence-electron chi connectivity index (χ3n) is 1.64. The molecule has 0 saturated heterocycles. The van der Waals surface area contributed by atoms with Gasteiger partial charge in [0.2, 0.25) is 0 Å². The van der Waals surface area contributed by atoms with Gasteiger partial charge in [-0.15, -0.1) is 12.4 Å². The van der Waals surface area contributed by atoms with E-state index in [1.807, 2.05) is 38.1 Å². The Morgan fingerprint density at radius 2 is 1.62 bits per heavy atom. The lowest BCUT2D eigenvalue weighted by atomic mass is 9.96. The van der Waals surface area contributed by atoms with Gasteiger partial charge in [0.25, 0.3) is 0 Å². The summed E-state index contributed by atoms with van der Waals surface area (Å²) in [5.41, 5.74) is 13.3. The lowest BCUT2D eigenvalue weighted by Crippen LogP contribution is -2.34. The van der Waals surface area contributed by atoms with Crippen molar-refractivity contribution in [2.24, 2.45) is 5.73 Å². The van der Waals surface area contributed by atoms with Gasteiger partial charge < -0.3 is 11.5 Å². The zero-order valence-corrected chi connectivity index (χ0v) is 8.90. The molecule has 0 aromatic heterocycles. The van der Waals surface area contributed by atoms with Crippen LogP contribution in [-0.4, -0.2) is 5.54 Å². The molecule has 3 heteroatoms. The van der Waals surface area contributed by atoms with Crippen molar-refractivity contribution in [3.8, 4) is 0 Å². The van der Waals surface area contributed by atoms with Gasteiger partial charge in [-0.2, -0.15) is 0 Å². The number of rotatable bonds is 2. The smallest absolute Gasteiger partial charge is 0.0314 e. The number of nitrogen functional groups attached to an aromatic ring is 1. The van der Waals surface area contributed by atoms with Crippen molar-refractivity contribution >= 4 is 18.1 Å². The van der Waals surface area contributed by atoms with E-state index in [-0.39, 0.29) is 17.9 Å². The van der Waals surface area contributed by atoms with E-state index < -0.39 is 0 Å². The van der Waals surface area contributed by atoms with Gasteiger partial charge in [0.1, 0.15) is 0 Å². The number of hydrogen-bond donors (Lipinski definition) is 2. The van der Waals surface area contributed by atoms with E-state index in [1.54, 1.807) is 0 Å². The summed E-state index contributed by atoms with van der Waals surface area (Å²) in [6, 6.07) is 7.84. The maximum absolute atomic E-state index is 5.87. The van der Waals surface area contributed by atoms with Crippen molar-refractivity contribution in [2.45, 2.75) is 25.8 Å². The molecule has 0 aliphatic heterocycles. The minimum Gasteiger partial charge on any atom is -0.399 e. The van der Waals surface area contributed by atoms with Crippen molar-refractivity contribution in [2.75, 3.05) is 5.73 Å². The SMILES string of the molecule is CC(C)(N)Cc1ccc(N)cc1.Cl. The fraction of sp³-hybridized carbons (Fsp3) is 0.400. The van der Waals surface area contributed by atoms with Crippen LogP contribution in [0.4, 0.5) is 5.69 Å². The van der Waals surface area contributed by atoms with Crippen molar-refractivity contribution in [3.05, 3.63) is 29.8 Å². The van der Waals surface area contributed by atoms with E-state index in [0.717, 1.165) is 12.1 Å². The molecule has 0 heterocycles. The Morgan fingerprint density at radius 3 is 2.00 bits per heavy atom. The molecule has 0 amide bonds. The topological polar surface area (TPSA) is 52.0 Å². The third kappa shape index (κ3) is 4.76. The van der Waals surface area contributed by atoms with Crippen molar-refractivity contribution in [1.29, 1.82) is 0 Å². The Kier molecular flexibility index (Phi) is 4.24. The second-order valence-electron chi connectivity index (χ2n) is 3.91. The summed E-state index contributed by atoms with van der Waals surface area (Å²) in [6.45, 7) is 4.03. The van der Waals surface area contributed by atoms with Gasteiger partial charge in [-0.3, -0.25) is 0 Å². The zero-order valence-electron chi connectivity index (χ0n) is 8.08. The van der Waals surface area contributed by atoms with E-state index in [4.69, 9.17) is 11.5 Å². The first-order valence-electron chi connectivity index (χ1n) is 4.11. The molecule has 1 aromatic rings. The number of hydrogen-bond acceptors (Lipinski definition) is 2. The average molecular weight is 201 g/mol. The van der Waals surface area contributed by atoms with Crippen LogP contribution in [0.5, 0.6) is 0 Å². The molecule has 0 bridgehead atoms. The van der Waals surface area contributed by atoms with Crippen molar-refractivity contribution in [3.63, 3.8) is 0 Å². The molecule has 0 radical (unpaired) electrons. The van der Waals surface area contributed by atoms with Gasteiger partial charge >= 0.3 is 0 Å². The highest BCUT2D eigenvalue weighted by Gasteiger charge is 2.10. The molecule has 4 N–H and O–H groups in total. The minimum absolute atomic E-state index is 0. The zero-order chi connectivity index (χ0) is 9.19. The lowest BCUT2D eigenvalue weighted by molar-refractivity contribution is 0.517. The Bertz CT molecular complexity index is 249. The standard InChI is InChI=1S/C10H16N2.ClH/c1-10(2,12)7-8-3-5-9(11)6-4-8;/h3-6H,7,11-12H2,1-2H3;1H. The number of halogens is 1. The maximum atomic E-state index is 5.87. The average Bonchev–Trinajstić information content (AvgIpc) is 1.91. The summed E-state index contributed by atoms with van der Waals surface area (Å²) in [7, 11) is 0. The largest absolute Gasteiger partial charge is 0.399 e. The van der Waals surface area contributed by atoms with Crippen LogP contribution in [0.25, 0.3) is 0 Å².